The number of fused-ring (bicyclic) bond motifs is 1. The fraction of sp³-hybridized carbons (Fsp3) is 0.375. The van der Waals surface area contributed by atoms with E-state index in [1.165, 1.54) is 0 Å². The average molecular weight is 287 g/mol. The number of nitrogens with zero attached hydrogens (tertiary/aromatic N) is 1. The lowest BCUT2D eigenvalue weighted by atomic mass is 10.1. The Balaban J connectivity index is 2.14. The number of para-hydroxylation sites is 1. The quantitative estimate of drug-likeness (QED) is 0.885. The molecule has 5 heteroatoms. The number of benzene rings is 1. The van der Waals surface area contributed by atoms with Gasteiger partial charge in [-0.3, -0.25) is 9.59 Å². The van der Waals surface area contributed by atoms with Crippen molar-refractivity contribution in [1.82, 2.24) is 15.2 Å². The molecule has 5 nitrogen and oxygen atoms in total. The maximum atomic E-state index is 12.4. The van der Waals surface area contributed by atoms with Crippen molar-refractivity contribution in [1.29, 1.82) is 0 Å². The van der Waals surface area contributed by atoms with Gasteiger partial charge in [-0.25, -0.2) is 0 Å². The summed E-state index contributed by atoms with van der Waals surface area (Å²) in [4.78, 5) is 29.3. The van der Waals surface area contributed by atoms with E-state index < -0.39 is 6.04 Å². The third kappa shape index (κ3) is 3.07. The molecule has 0 aliphatic heterocycles. The Bertz CT molecular complexity index is 644. The van der Waals surface area contributed by atoms with Crippen LogP contribution in [0.15, 0.2) is 30.5 Å². The van der Waals surface area contributed by atoms with Gasteiger partial charge in [0.1, 0.15) is 6.04 Å². The van der Waals surface area contributed by atoms with Crippen LogP contribution in [0.5, 0.6) is 0 Å². The summed E-state index contributed by atoms with van der Waals surface area (Å²) >= 11 is 0. The van der Waals surface area contributed by atoms with Gasteiger partial charge >= 0.3 is 0 Å². The molecule has 112 valence electrons. The van der Waals surface area contributed by atoms with Crippen LogP contribution < -0.4 is 5.32 Å². The molecule has 21 heavy (non-hydrogen) atoms. The van der Waals surface area contributed by atoms with Gasteiger partial charge in [0.2, 0.25) is 5.91 Å². The maximum Gasteiger partial charge on any atom is 0.254 e. The number of likely N-dealkylation sites (N-methyl/N-ethyl adjacent to an activating group) is 1. The molecule has 1 aromatic carbocycles. The van der Waals surface area contributed by atoms with E-state index in [4.69, 9.17) is 0 Å². The summed E-state index contributed by atoms with van der Waals surface area (Å²) in [6.07, 6.45) is 1.80. The second kappa shape index (κ2) is 6.43. The fourth-order valence-electron chi connectivity index (χ4n) is 2.42. The number of hydrogen-bond donors (Lipinski definition) is 2. The van der Waals surface area contributed by atoms with Crippen LogP contribution in [0, 0.1) is 0 Å². The summed E-state index contributed by atoms with van der Waals surface area (Å²) in [5.74, 6) is -0.303. The lowest BCUT2D eigenvalue weighted by Gasteiger charge is -2.23. The molecule has 0 radical (unpaired) electrons. The SMILES string of the molecule is CCN(CC)C(=O)C(C)NC(=O)c1cccc2cc[nH]c12. The van der Waals surface area contributed by atoms with Gasteiger partial charge in [-0.15, -0.1) is 0 Å². The van der Waals surface area contributed by atoms with Crippen LogP contribution in [0.3, 0.4) is 0 Å². The van der Waals surface area contributed by atoms with E-state index in [1.807, 2.05) is 32.0 Å². The number of hydrogen-bond acceptors (Lipinski definition) is 2. The molecule has 0 aliphatic carbocycles. The first-order valence-electron chi connectivity index (χ1n) is 7.24. The van der Waals surface area contributed by atoms with Crippen molar-refractivity contribution >= 4 is 22.7 Å². The maximum absolute atomic E-state index is 12.4. The molecule has 0 saturated heterocycles. The van der Waals surface area contributed by atoms with Crippen LogP contribution in [0.1, 0.15) is 31.1 Å². The van der Waals surface area contributed by atoms with E-state index in [0.717, 1.165) is 10.9 Å². The number of H-pyrrole nitrogens is 1. The van der Waals surface area contributed by atoms with Gasteiger partial charge in [0.25, 0.3) is 5.91 Å². The molecule has 0 spiro atoms. The van der Waals surface area contributed by atoms with E-state index in [9.17, 15) is 9.59 Å². The predicted octanol–water partition coefficient (Wildman–Crippen LogP) is 2.15. The smallest absolute Gasteiger partial charge is 0.254 e. The standard InChI is InChI=1S/C16H21N3O2/c1-4-19(5-2)16(21)11(3)18-15(20)13-8-6-7-12-9-10-17-14(12)13/h6-11,17H,4-5H2,1-3H3,(H,18,20). The number of aromatic amines is 1. The third-order valence-corrected chi connectivity index (χ3v) is 3.63. The van der Waals surface area contributed by atoms with Crippen LogP contribution in [-0.2, 0) is 4.79 Å². The van der Waals surface area contributed by atoms with Crippen LogP contribution in [0.4, 0.5) is 0 Å². The predicted molar refractivity (Wildman–Crippen MR) is 83.2 cm³/mol. The van der Waals surface area contributed by atoms with Gasteiger partial charge in [-0.2, -0.15) is 0 Å². The molecular weight excluding hydrogens is 266 g/mol. The van der Waals surface area contributed by atoms with Crippen LogP contribution in [-0.4, -0.2) is 40.8 Å². The van der Waals surface area contributed by atoms with E-state index in [0.29, 0.717) is 18.7 Å². The largest absolute Gasteiger partial charge is 0.361 e. The van der Waals surface area contributed by atoms with Gasteiger partial charge in [0.15, 0.2) is 0 Å². The van der Waals surface area contributed by atoms with Crippen molar-refractivity contribution in [3.63, 3.8) is 0 Å². The first kappa shape index (κ1) is 15.1. The average Bonchev–Trinajstić information content (AvgIpc) is 2.96. The highest BCUT2D eigenvalue weighted by Crippen LogP contribution is 2.16. The van der Waals surface area contributed by atoms with Gasteiger partial charge in [-0.05, 0) is 32.9 Å². The monoisotopic (exact) mass is 287 g/mol. The van der Waals surface area contributed by atoms with Gasteiger partial charge in [0, 0.05) is 24.7 Å². The Morgan fingerprint density at radius 1 is 1.24 bits per heavy atom. The zero-order chi connectivity index (χ0) is 15.4. The number of rotatable bonds is 5. The van der Waals surface area contributed by atoms with Gasteiger partial charge in [-0.1, -0.05) is 12.1 Å². The highest BCUT2D eigenvalue weighted by atomic mass is 16.2. The topological polar surface area (TPSA) is 65.2 Å². The highest BCUT2D eigenvalue weighted by molar-refractivity contribution is 6.06. The van der Waals surface area contributed by atoms with Gasteiger partial charge in [0.05, 0.1) is 11.1 Å². The zero-order valence-electron chi connectivity index (χ0n) is 12.6. The lowest BCUT2D eigenvalue weighted by Crippen LogP contribution is -2.46. The Kier molecular flexibility index (Phi) is 4.62. The summed E-state index contributed by atoms with van der Waals surface area (Å²) in [6, 6.07) is 6.90. The summed E-state index contributed by atoms with van der Waals surface area (Å²) in [6.45, 7) is 6.85. The molecule has 2 amide bonds. The molecule has 2 N–H and O–H groups in total. The fourth-order valence-corrected chi connectivity index (χ4v) is 2.42. The van der Waals surface area contributed by atoms with Crippen LogP contribution in [0.25, 0.3) is 10.9 Å². The zero-order valence-corrected chi connectivity index (χ0v) is 12.6. The Hall–Kier alpha value is -2.30. The second-order valence-electron chi connectivity index (χ2n) is 4.95. The van der Waals surface area contributed by atoms with E-state index in [1.54, 1.807) is 24.1 Å². The third-order valence-electron chi connectivity index (χ3n) is 3.63. The summed E-state index contributed by atoms with van der Waals surface area (Å²) < 4.78 is 0. The second-order valence-corrected chi connectivity index (χ2v) is 4.95. The summed E-state index contributed by atoms with van der Waals surface area (Å²) in [5, 5.41) is 3.75. The molecule has 0 saturated carbocycles. The minimum Gasteiger partial charge on any atom is -0.361 e. The van der Waals surface area contributed by atoms with E-state index in [2.05, 4.69) is 10.3 Å². The molecule has 2 rings (SSSR count). The normalized spacial score (nSPS) is 12.1. The molecule has 1 heterocycles. The summed E-state index contributed by atoms with van der Waals surface area (Å²) in [7, 11) is 0. The van der Waals surface area contributed by atoms with Crippen molar-refractivity contribution in [3.05, 3.63) is 36.0 Å². The first-order chi connectivity index (χ1) is 10.1. The van der Waals surface area contributed by atoms with Crippen molar-refractivity contribution < 1.29 is 9.59 Å². The van der Waals surface area contributed by atoms with Crippen molar-refractivity contribution in [3.8, 4) is 0 Å². The van der Waals surface area contributed by atoms with Crippen molar-refractivity contribution in [2.75, 3.05) is 13.1 Å². The minimum atomic E-state index is -0.539. The number of aromatic nitrogens is 1. The number of carbonyl (C=O) groups is 2. The molecule has 1 atom stereocenters. The molecule has 2 aromatic rings. The number of carbonyl (C=O) groups excluding carboxylic acids is 2. The Labute approximate surface area is 124 Å². The van der Waals surface area contributed by atoms with E-state index >= 15 is 0 Å². The molecular formula is C16H21N3O2. The molecule has 0 aliphatic rings. The number of nitrogens with one attached hydrogen (secondary N) is 2. The molecule has 1 unspecified atom stereocenters. The van der Waals surface area contributed by atoms with Crippen molar-refractivity contribution in [2.45, 2.75) is 26.8 Å². The Morgan fingerprint density at radius 2 is 1.95 bits per heavy atom. The van der Waals surface area contributed by atoms with Crippen LogP contribution >= 0.6 is 0 Å². The van der Waals surface area contributed by atoms with Crippen molar-refractivity contribution in [2.24, 2.45) is 0 Å². The molecule has 1 aromatic heterocycles. The summed E-state index contributed by atoms with van der Waals surface area (Å²) in [5.41, 5.74) is 1.34. The highest BCUT2D eigenvalue weighted by Gasteiger charge is 2.21. The first-order valence-corrected chi connectivity index (χ1v) is 7.24. The van der Waals surface area contributed by atoms with Crippen LogP contribution in [0.2, 0.25) is 0 Å². The van der Waals surface area contributed by atoms with Gasteiger partial charge < -0.3 is 15.2 Å². The molecule has 0 bridgehead atoms. The lowest BCUT2D eigenvalue weighted by molar-refractivity contribution is -0.132. The number of amides is 2. The Morgan fingerprint density at radius 3 is 2.62 bits per heavy atom. The molecule has 0 fully saturated rings. The minimum absolute atomic E-state index is 0.0630. The van der Waals surface area contributed by atoms with E-state index in [-0.39, 0.29) is 11.8 Å².